The molecule has 1 atom stereocenters. The van der Waals surface area contributed by atoms with E-state index in [4.69, 9.17) is 5.11 Å². The van der Waals surface area contributed by atoms with Crippen molar-refractivity contribution in [3.63, 3.8) is 0 Å². The van der Waals surface area contributed by atoms with E-state index in [9.17, 15) is 13.2 Å². The Morgan fingerprint density at radius 3 is 2.95 bits per heavy atom. The normalized spacial score (nSPS) is 20.5. The number of hydrogen-bond acceptors (Lipinski definition) is 7. The molecule has 0 saturated carbocycles. The number of carbonyl (C=O) groups is 1. The number of rotatable bonds is 4. The van der Waals surface area contributed by atoms with Crippen molar-refractivity contribution in [2.45, 2.75) is 12.3 Å². The molecule has 0 aromatic carbocycles. The first-order valence-corrected chi connectivity index (χ1v) is 9.45. The van der Waals surface area contributed by atoms with E-state index in [1.165, 1.54) is 16.7 Å². The molecule has 0 aliphatic carbocycles. The summed E-state index contributed by atoms with van der Waals surface area (Å²) in [5.74, 6) is 0.297. The highest BCUT2D eigenvalue weighted by Gasteiger charge is 2.34. The number of hydrogen-bond donors (Lipinski definition) is 1. The summed E-state index contributed by atoms with van der Waals surface area (Å²) in [5, 5.41) is 10.2. The maximum absolute atomic E-state index is 12.1. The van der Waals surface area contributed by atoms with Gasteiger partial charge in [-0.3, -0.25) is 0 Å². The van der Waals surface area contributed by atoms with Crippen LogP contribution in [-0.4, -0.2) is 53.7 Å². The van der Waals surface area contributed by atoms with Gasteiger partial charge in [0.1, 0.15) is 5.37 Å². The summed E-state index contributed by atoms with van der Waals surface area (Å²) >= 11 is 2.77. The van der Waals surface area contributed by atoms with Crippen LogP contribution in [-0.2, 0) is 9.84 Å². The van der Waals surface area contributed by atoms with Crippen molar-refractivity contribution < 1.29 is 18.3 Å². The maximum Gasteiger partial charge on any atom is 0.355 e. The van der Waals surface area contributed by atoms with Gasteiger partial charge in [0, 0.05) is 29.2 Å². The molecule has 1 aliphatic rings. The van der Waals surface area contributed by atoms with E-state index in [-0.39, 0.29) is 11.4 Å². The molecule has 1 aromatic rings. The molecule has 2 rings (SSSR count). The van der Waals surface area contributed by atoms with Gasteiger partial charge in [-0.1, -0.05) is 6.92 Å². The van der Waals surface area contributed by atoms with Crippen LogP contribution in [0.3, 0.4) is 0 Å². The van der Waals surface area contributed by atoms with Crippen molar-refractivity contribution >= 4 is 44.0 Å². The van der Waals surface area contributed by atoms with Gasteiger partial charge in [0.15, 0.2) is 20.7 Å². The van der Waals surface area contributed by atoms with Gasteiger partial charge in [0.05, 0.1) is 0 Å². The Bertz CT molecular complexity index is 569. The first kappa shape index (κ1) is 14.6. The van der Waals surface area contributed by atoms with Crippen molar-refractivity contribution in [3.05, 3.63) is 11.1 Å². The molecule has 0 spiro atoms. The third-order valence-corrected chi connectivity index (χ3v) is 7.02. The number of aromatic nitrogens is 1. The van der Waals surface area contributed by atoms with Crippen molar-refractivity contribution in [2.24, 2.45) is 0 Å². The molecular formula is C10H14N2O4S3. The van der Waals surface area contributed by atoms with Crippen LogP contribution in [0.25, 0.3) is 0 Å². The lowest BCUT2D eigenvalue weighted by Gasteiger charge is -2.34. The zero-order valence-electron chi connectivity index (χ0n) is 10.3. The van der Waals surface area contributed by atoms with Gasteiger partial charge in [0.25, 0.3) is 0 Å². The third kappa shape index (κ3) is 3.03. The SMILES string of the molecule is CCS(=O)(=O)C1CSCCN1c1nc(C(=O)O)cs1. The Morgan fingerprint density at radius 1 is 1.63 bits per heavy atom. The molecule has 1 aliphatic heterocycles. The van der Waals surface area contributed by atoms with Crippen LogP contribution in [0.4, 0.5) is 5.13 Å². The number of aromatic carboxylic acids is 1. The molecule has 1 N–H and O–H groups in total. The van der Waals surface area contributed by atoms with Gasteiger partial charge in [-0.15, -0.1) is 11.3 Å². The lowest BCUT2D eigenvalue weighted by atomic mass is 10.5. The van der Waals surface area contributed by atoms with E-state index in [0.29, 0.717) is 17.4 Å². The Hall–Kier alpha value is -0.800. The molecule has 1 fully saturated rings. The van der Waals surface area contributed by atoms with Crippen molar-refractivity contribution in [1.29, 1.82) is 0 Å². The molecule has 0 bridgehead atoms. The Kier molecular flexibility index (Phi) is 4.36. The minimum absolute atomic E-state index is 0.0362. The molecule has 6 nitrogen and oxygen atoms in total. The molecular weight excluding hydrogens is 308 g/mol. The monoisotopic (exact) mass is 322 g/mol. The Labute approximate surface area is 119 Å². The predicted octanol–water partition coefficient (Wildman–Crippen LogP) is 1.16. The van der Waals surface area contributed by atoms with E-state index in [1.807, 2.05) is 0 Å². The zero-order chi connectivity index (χ0) is 14.0. The minimum atomic E-state index is -3.21. The maximum atomic E-state index is 12.1. The quantitative estimate of drug-likeness (QED) is 0.889. The van der Waals surface area contributed by atoms with Crippen LogP contribution < -0.4 is 4.90 Å². The van der Waals surface area contributed by atoms with E-state index in [2.05, 4.69) is 4.98 Å². The highest BCUT2D eigenvalue weighted by atomic mass is 32.2. The predicted molar refractivity (Wildman–Crippen MR) is 77.0 cm³/mol. The van der Waals surface area contributed by atoms with Gasteiger partial charge in [0.2, 0.25) is 0 Å². The van der Waals surface area contributed by atoms with E-state index < -0.39 is 21.2 Å². The number of anilines is 1. The summed E-state index contributed by atoms with van der Waals surface area (Å²) in [6, 6.07) is 0. The van der Waals surface area contributed by atoms with Crippen LogP contribution in [0.2, 0.25) is 0 Å². The fourth-order valence-electron chi connectivity index (χ4n) is 1.78. The minimum Gasteiger partial charge on any atom is -0.476 e. The van der Waals surface area contributed by atoms with Crippen molar-refractivity contribution in [2.75, 3.05) is 28.7 Å². The summed E-state index contributed by atoms with van der Waals surface area (Å²) in [6.45, 7) is 2.19. The van der Waals surface area contributed by atoms with Crippen molar-refractivity contribution in [1.82, 2.24) is 4.98 Å². The molecule has 19 heavy (non-hydrogen) atoms. The summed E-state index contributed by atoms with van der Waals surface area (Å²) in [6.07, 6.45) is 0. The molecule has 1 aromatic heterocycles. The lowest BCUT2D eigenvalue weighted by molar-refractivity contribution is 0.0691. The van der Waals surface area contributed by atoms with Crippen LogP contribution in [0.5, 0.6) is 0 Å². The molecule has 1 saturated heterocycles. The Balaban J connectivity index is 2.31. The van der Waals surface area contributed by atoms with E-state index in [1.54, 1.807) is 23.6 Å². The first-order chi connectivity index (χ1) is 8.95. The number of sulfone groups is 1. The average molecular weight is 322 g/mol. The molecule has 1 unspecified atom stereocenters. The highest BCUT2D eigenvalue weighted by molar-refractivity contribution is 8.01. The summed E-state index contributed by atoms with van der Waals surface area (Å²) < 4.78 is 24.2. The summed E-state index contributed by atoms with van der Waals surface area (Å²) in [5.41, 5.74) is -0.0362. The smallest absolute Gasteiger partial charge is 0.355 e. The molecule has 106 valence electrons. The fraction of sp³-hybridized carbons (Fsp3) is 0.600. The van der Waals surface area contributed by atoms with Gasteiger partial charge in [-0.25, -0.2) is 18.2 Å². The molecule has 2 heterocycles. The second-order valence-electron chi connectivity index (χ2n) is 3.99. The molecule has 0 amide bonds. The van der Waals surface area contributed by atoms with Gasteiger partial charge in [-0.2, -0.15) is 11.8 Å². The van der Waals surface area contributed by atoms with Crippen LogP contribution in [0.1, 0.15) is 17.4 Å². The number of nitrogens with zero attached hydrogens (tertiary/aromatic N) is 2. The topological polar surface area (TPSA) is 87.6 Å². The zero-order valence-corrected chi connectivity index (χ0v) is 12.7. The summed E-state index contributed by atoms with van der Waals surface area (Å²) in [4.78, 5) is 16.6. The average Bonchev–Trinajstić information content (AvgIpc) is 2.88. The van der Waals surface area contributed by atoms with Gasteiger partial charge < -0.3 is 10.0 Å². The Morgan fingerprint density at radius 2 is 2.37 bits per heavy atom. The van der Waals surface area contributed by atoms with Crippen LogP contribution in [0, 0.1) is 0 Å². The number of carboxylic acids is 1. The largest absolute Gasteiger partial charge is 0.476 e. The summed E-state index contributed by atoms with van der Waals surface area (Å²) in [7, 11) is -3.21. The second-order valence-corrected chi connectivity index (χ2v) is 8.43. The fourth-order valence-corrected chi connectivity index (χ4v) is 5.70. The molecule has 0 radical (unpaired) electrons. The number of carboxylic acid groups (broad SMARTS) is 1. The first-order valence-electron chi connectivity index (χ1n) is 5.70. The van der Waals surface area contributed by atoms with Crippen LogP contribution >= 0.6 is 23.1 Å². The standard InChI is InChI=1S/C10H14N2O4S3/c1-2-19(15,16)8-6-17-4-3-12(8)10-11-7(5-18-10)9(13)14/h5,8H,2-4,6H2,1H3,(H,13,14). The van der Waals surface area contributed by atoms with Crippen molar-refractivity contribution in [3.8, 4) is 0 Å². The van der Waals surface area contributed by atoms with E-state index in [0.717, 1.165) is 5.75 Å². The lowest BCUT2D eigenvalue weighted by Crippen LogP contribution is -2.48. The van der Waals surface area contributed by atoms with Crippen LogP contribution in [0.15, 0.2) is 5.38 Å². The highest BCUT2D eigenvalue weighted by Crippen LogP contribution is 2.29. The number of thioether (sulfide) groups is 1. The molecule has 9 heteroatoms. The third-order valence-electron chi connectivity index (χ3n) is 2.86. The van der Waals surface area contributed by atoms with Gasteiger partial charge >= 0.3 is 5.97 Å². The van der Waals surface area contributed by atoms with E-state index >= 15 is 0 Å². The van der Waals surface area contributed by atoms with Gasteiger partial charge in [-0.05, 0) is 0 Å². The second kappa shape index (κ2) is 5.68. The number of thiazole rings is 1.